The molecule has 1 heterocycles. The van der Waals surface area contributed by atoms with E-state index in [1.807, 2.05) is 24.4 Å². The van der Waals surface area contributed by atoms with E-state index in [9.17, 15) is 0 Å². The summed E-state index contributed by atoms with van der Waals surface area (Å²) in [5.74, 6) is 0.775. The number of nitriles is 1. The smallest absolute Gasteiger partial charge is 0.137 e. The van der Waals surface area contributed by atoms with Crippen molar-refractivity contribution in [2.45, 2.75) is 32.2 Å². The Morgan fingerprint density at radius 3 is 2.88 bits per heavy atom. The minimum Gasteiger partial charge on any atom is -0.495 e. The number of ether oxygens (including phenoxy) is 1. The van der Waals surface area contributed by atoms with Crippen LogP contribution in [-0.2, 0) is 0 Å². The first kappa shape index (κ1) is 18.3. The highest BCUT2D eigenvalue weighted by molar-refractivity contribution is 6.32. The van der Waals surface area contributed by atoms with Crippen LogP contribution in [0.2, 0.25) is 5.02 Å². The summed E-state index contributed by atoms with van der Waals surface area (Å²) < 4.78 is 5.30. The van der Waals surface area contributed by atoms with Crippen molar-refractivity contribution in [1.82, 2.24) is 4.98 Å². The van der Waals surface area contributed by atoms with E-state index in [1.165, 1.54) is 5.57 Å². The third-order valence-corrected chi connectivity index (χ3v) is 5.16. The normalized spacial score (nSPS) is 16.5. The molecular formula is C21H22ClN3O. The number of benzene rings is 1. The van der Waals surface area contributed by atoms with E-state index in [4.69, 9.17) is 21.6 Å². The Hall–Kier alpha value is -2.51. The molecular weight excluding hydrogens is 346 g/mol. The Morgan fingerprint density at radius 1 is 1.35 bits per heavy atom. The molecule has 5 heteroatoms. The fourth-order valence-electron chi connectivity index (χ4n) is 3.52. The molecule has 0 fully saturated rings. The molecule has 1 aliphatic carbocycles. The van der Waals surface area contributed by atoms with Crippen LogP contribution in [0.4, 0.5) is 5.69 Å². The second-order valence-electron chi connectivity index (χ2n) is 6.34. The van der Waals surface area contributed by atoms with Gasteiger partial charge in [0.15, 0.2) is 0 Å². The highest BCUT2D eigenvalue weighted by Gasteiger charge is 2.23. The van der Waals surface area contributed by atoms with Crippen molar-refractivity contribution in [1.29, 1.82) is 5.26 Å². The van der Waals surface area contributed by atoms with Gasteiger partial charge in [0, 0.05) is 24.5 Å². The van der Waals surface area contributed by atoms with Crippen molar-refractivity contribution in [2.24, 2.45) is 0 Å². The monoisotopic (exact) mass is 367 g/mol. The van der Waals surface area contributed by atoms with Gasteiger partial charge in [-0.15, -0.1) is 0 Å². The minimum absolute atomic E-state index is 0.384. The molecule has 0 saturated carbocycles. The molecule has 4 nitrogen and oxygen atoms in total. The van der Waals surface area contributed by atoms with Gasteiger partial charge in [-0.3, -0.25) is 4.98 Å². The lowest BCUT2D eigenvalue weighted by Gasteiger charge is -2.36. The Bertz CT molecular complexity index is 857. The third kappa shape index (κ3) is 3.84. The minimum atomic E-state index is 0.384. The molecule has 0 saturated heterocycles. The van der Waals surface area contributed by atoms with Gasteiger partial charge in [-0.1, -0.05) is 17.7 Å². The summed E-state index contributed by atoms with van der Waals surface area (Å²) >= 11 is 6.24. The maximum Gasteiger partial charge on any atom is 0.137 e. The van der Waals surface area contributed by atoms with E-state index in [0.29, 0.717) is 16.6 Å². The first-order chi connectivity index (χ1) is 12.7. The van der Waals surface area contributed by atoms with Crippen LogP contribution in [0.5, 0.6) is 5.75 Å². The molecule has 2 aromatic rings. The lowest BCUT2D eigenvalue weighted by Crippen LogP contribution is -2.36. The summed E-state index contributed by atoms with van der Waals surface area (Å²) in [7, 11) is 1.66. The summed E-state index contributed by atoms with van der Waals surface area (Å²) in [6, 6.07) is 10.2. The summed E-state index contributed by atoms with van der Waals surface area (Å²) in [6.45, 7) is 3.04. The number of halogens is 1. The van der Waals surface area contributed by atoms with Crippen LogP contribution >= 0.6 is 11.6 Å². The number of allylic oxidation sites excluding steroid dienone is 1. The number of hydrogen-bond donors (Lipinski definition) is 0. The highest BCUT2D eigenvalue weighted by Crippen LogP contribution is 2.34. The largest absolute Gasteiger partial charge is 0.495 e. The Kier molecular flexibility index (Phi) is 5.80. The number of pyridine rings is 1. The maximum absolute atomic E-state index is 9.09. The topological polar surface area (TPSA) is 49.2 Å². The molecule has 3 rings (SSSR count). The Labute approximate surface area is 159 Å². The summed E-state index contributed by atoms with van der Waals surface area (Å²) in [5, 5.41) is 9.59. The van der Waals surface area contributed by atoms with Crippen LogP contribution in [0.15, 0.2) is 42.7 Å². The van der Waals surface area contributed by atoms with Crippen molar-refractivity contribution in [3.05, 3.63) is 58.9 Å². The fourth-order valence-corrected chi connectivity index (χ4v) is 3.74. The van der Waals surface area contributed by atoms with Gasteiger partial charge in [-0.25, -0.2) is 0 Å². The molecule has 1 unspecified atom stereocenters. The van der Waals surface area contributed by atoms with Crippen molar-refractivity contribution in [2.75, 3.05) is 18.6 Å². The highest BCUT2D eigenvalue weighted by atomic mass is 35.5. The zero-order chi connectivity index (χ0) is 18.5. The molecule has 0 aliphatic heterocycles. The summed E-state index contributed by atoms with van der Waals surface area (Å²) in [6.07, 6.45) is 8.98. The second-order valence-corrected chi connectivity index (χ2v) is 6.75. The zero-order valence-electron chi connectivity index (χ0n) is 15.1. The SMILES string of the molecule is CCN(c1ccc(C#N)c(Cl)c1)C1CCC=C(c2cncc(OC)c2)C1. The molecule has 0 bridgehead atoms. The van der Waals surface area contributed by atoms with Gasteiger partial charge in [-0.2, -0.15) is 5.26 Å². The Morgan fingerprint density at radius 2 is 2.19 bits per heavy atom. The van der Waals surface area contributed by atoms with Crippen LogP contribution in [0.25, 0.3) is 5.57 Å². The lowest BCUT2D eigenvalue weighted by atomic mass is 9.89. The van der Waals surface area contributed by atoms with E-state index in [1.54, 1.807) is 19.4 Å². The number of methoxy groups -OCH3 is 1. The van der Waals surface area contributed by atoms with Gasteiger partial charge in [-0.05, 0) is 61.6 Å². The van der Waals surface area contributed by atoms with Gasteiger partial charge >= 0.3 is 0 Å². The lowest BCUT2D eigenvalue weighted by molar-refractivity contribution is 0.412. The van der Waals surface area contributed by atoms with E-state index in [-0.39, 0.29) is 0 Å². The average molecular weight is 368 g/mol. The molecule has 0 spiro atoms. The predicted octanol–water partition coefficient (Wildman–Crippen LogP) is 5.08. The van der Waals surface area contributed by atoms with Crippen molar-refractivity contribution in [3.63, 3.8) is 0 Å². The van der Waals surface area contributed by atoms with Crippen molar-refractivity contribution in [3.8, 4) is 11.8 Å². The third-order valence-electron chi connectivity index (χ3n) is 4.85. The van der Waals surface area contributed by atoms with E-state index >= 15 is 0 Å². The maximum atomic E-state index is 9.09. The van der Waals surface area contributed by atoms with Gasteiger partial charge in [0.2, 0.25) is 0 Å². The van der Waals surface area contributed by atoms with Crippen molar-refractivity contribution < 1.29 is 4.74 Å². The number of nitrogens with zero attached hydrogens (tertiary/aromatic N) is 3. The number of anilines is 1. The molecule has 0 radical (unpaired) electrons. The first-order valence-electron chi connectivity index (χ1n) is 8.81. The number of rotatable bonds is 5. The molecule has 134 valence electrons. The summed E-state index contributed by atoms with van der Waals surface area (Å²) in [5.41, 5.74) is 3.98. The quantitative estimate of drug-likeness (QED) is 0.739. The van der Waals surface area contributed by atoms with Gasteiger partial charge in [0.25, 0.3) is 0 Å². The van der Waals surface area contributed by atoms with Crippen LogP contribution in [0, 0.1) is 11.3 Å². The first-order valence-corrected chi connectivity index (χ1v) is 9.18. The fraction of sp³-hybridized carbons (Fsp3) is 0.333. The van der Waals surface area contributed by atoms with Crippen molar-refractivity contribution >= 4 is 22.9 Å². The van der Waals surface area contributed by atoms with Crippen LogP contribution in [-0.4, -0.2) is 24.7 Å². The zero-order valence-corrected chi connectivity index (χ0v) is 15.8. The van der Waals surface area contributed by atoms with Crippen LogP contribution < -0.4 is 9.64 Å². The van der Waals surface area contributed by atoms with Gasteiger partial charge < -0.3 is 9.64 Å². The molecule has 1 aromatic heterocycles. The predicted molar refractivity (Wildman–Crippen MR) is 106 cm³/mol. The second kappa shape index (κ2) is 8.25. The van der Waals surface area contributed by atoms with E-state index in [0.717, 1.165) is 42.8 Å². The molecule has 26 heavy (non-hydrogen) atoms. The van der Waals surface area contributed by atoms with Gasteiger partial charge in [0.05, 0.1) is 23.9 Å². The average Bonchev–Trinajstić information content (AvgIpc) is 2.69. The number of hydrogen-bond acceptors (Lipinski definition) is 4. The summed E-state index contributed by atoms with van der Waals surface area (Å²) in [4.78, 5) is 6.65. The standard InChI is InChI=1S/C21H22ClN3O/c1-3-25(19-8-7-16(12-23)21(22)11-19)18-6-4-5-15(9-18)17-10-20(26-2)14-24-13-17/h5,7-8,10-11,13-14,18H,3-4,6,9H2,1-2H3. The molecule has 0 amide bonds. The number of aromatic nitrogens is 1. The molecule has 1 atom stereocenters. The molecule has 0 N–H and O–H groups in total. The molecule has 1 aliphatic rings. The van der Waals surface area contributed by atoms with Gasteiger partial charge in [0.1, 0.15) is 11.8 Å². The molecule has 1 aromatic carbocycles. The van der Waals surface area contributed by atoms with Crippen LogP contribution in [0.3, 0.4) is 0 Å². The Balaban J connectivity index is 1.83. The van der Waals surface area contributed by atoms with E-state index in [2.05, 4.69) is 29.0 Å². The van der Waals surface area contributed by atoms with E-state index < -0.39 is 0 Å². The van der Waals surface area contributed by atoms with Crippen LogP contribution in [0.1, 0.15) is 37.3 Å².